The summed E-state index contributed by atoms with van der Waals surface area (Å²) in [6, 6.07) is 5.61. The van der Waals surface area contributed by atoms with E-state index in [1.165, 1.54) is 24.3 Å². The Hall–Kier alpha value is -2.11. The number of aliphatic carboxylic acids is 1. The summed E-state index contributed by atoms with van der Waals surface area (Å²) < 4.78 is 18.2. The summed E-state index contributed by atoms with van der Waals surface area (Å²) >= 11 is 0. The molecule has 0 saturated heterocycles. The third kappa shape index (κ3) is 3.69. The van der Waals surface area contributed by atoms with Crippen molar-refractivity contribution < 1.29 is 23.8 Å². The molecule has 2 rings (SSSR count). The number of hydrogen-bond donors (Lipinski definition) is 2. The van der Waals surface area contributed by atoms with Gasteiger partial charge in [0.15, 0.2) is 0 Å². The Morgan fingerprint density at radius 3 is 2.60 bits per heavy atom. The van der Waals surface area contributed by atoms with Crippen LogP contribution >= 0.6 is 0 Å². The molecule has 1 fully saturated rings. The van der Waals surface area contributed by atoms with Crippen LogP contribution in [0.15, 0.2) is 24.3 Å². The minimum Gasteiger partial charge on any atom is -0.489 e. The highest BCUT2D eigenvalue weighted by Gasteiger charge is 2.48. The molecule has 0 unspecified atom stereocenters. The van der Waals surface area contributed by atoms with Crippen LogP contribution in [0.1, 0.15) is 13.3 Å². The van der Waals surface area contributed by atoms with Crippen molar-refractivity contribution in [1.29, 1.82) is 0 Å². The van der Waals surface area contributed by atoms with E-state index in [9.17, 15) is 14.0 Å². The quantitative estimate of drug-likeness (QED) is 0.827. The van der Waals surface area contributed by atoms with Crippen molar-refractivity contribution in [1.82, 2.24) is 5.32 Å². The maximum absolute atomic E-state index is 12.7. The fraction of sp³-hybridized carbons (Fsp3) is 0.429. The summed E-state index contributed by atoms with van der Waals surface area (Å²) in [5.74, 6) is -1.99. The van der Waals surface area contributed by atoms with Gasteiger partial charge in [-0.3, -0.25) is 9.59 Å². The molecule has 5 nitrogen and oxygen atoms in total. The van der Waals surface area contributed by atoms with E-state index < -0.39 is 17.8 Å². The Bertz CT molecular complexity index is 502. The van der Waals surface area contributed by atoms with Gasteiger partial charge in [-0.15, -0.1) is 0 Å². The fourth-order valence-electron chi connectivity index (χ4n) is 1.92. The number of halogens is 1. The van der Waals surface area contributed by atoms with Gasteiger partial charge in [0.2, 0.25) is 5.91 Å². The van der Waals surface area contributed by atoms with Crippen LogP contribution in [0, 0.1) is 17.7 Å². The van der Waals surface area contributed by atoms with Gasteiger partial charge in [0, 0.05) is 0 Å². The highest BCUT2D eigenvalue weighted by Crippen LogP contribution is 2.38. The molecule has 0 spiro atoms. The van der Waals surface area contributed by atoms with Crippen LogP contribution in [0.2, 0.25) is 0 Å². The first-order chi connectivity index (χ1) is 9.47. The minimum atomic E-state index is -0.930. The molecular weight excluding hydrogens is 265 g/mol. The predicted octanol–water partition coefficient (Wildman–Crippen LogP) is 1.43. The van der Waals surface area contributed by atoms with Gasteiger partial charge in [0.05, 0.1) is 18.4 Å². The van der Waals surface area contributed by atoms with Crippen LogP contribution in [0.4, 0.5) is 4.39 Å². The Kier molecular flexibility index (Phi) is 4.22. The van der Waals surface area contributed by atoms with Gasteiger partial charge in [0.25, 0.3) is 0 Å². The highest BCUT2D eigenvalue weighted by atomic mass is 19.1. The van der Waals surface area contributed by atoms with E-state index in [4.69, 9.17) is 9.84 Å². The number of benzene rings is 1. The molecule has 0 radical (unpaired) electrons. The summed E-state index contributed by atoms with van der Waals surface area (Å²) in [5.41, 5.74) is 0. The molecule has 1 aromatic rings. The second kappa shape index (κ2) is 5.90. The minimum absolute atomic E-state index is 0.257. The molecule has 6 heteroatoms. The first-order valence-corrected chi connectivity index (χ1v) is 6.40. The molecular formula is C14H16FNO4. The Morgan fingerprint density at radius 1 is 1.40 bits per heavy atom. The summed E-state index contributed by atoms with van der Waals surface area (Å²) in [7, 11) is 0. The number of amides is 1. The van der Waals surface area contributed by atoms with Gasteiger partial charge in [-0.1, -0.05) is 0 Å². The van der Waals surface area contributed by atoms with Crippen molar-refractivity contribution in [2.45, 2.75) is 19.4 Å². The monoisotopic (exact) mass is 281 g/mol. The molecule has 3 atom stereocenters. The number of carbonyl (C=O) groups excluding carboxylic acids is 1. The lowest BCUT2D eigenvalue weighted by Crippen LogP contribution is -2.35. The standard InChI is InChI=1S/C14H16FNO4/c1-8(20-10-4-2-9(15)3-5-10)7-16-13(17)11-6-12(11)14(18)19/h2-5,8,11-12H,6-7H2,1H3,(H,16,17)(H,18,19)/t8-,11-,12-/m1/s1. The average Bonchev–Trinajstić information content (AvgIpc) is 3.19. The predicted molar refractivity (Wildman–Crippen MR) is 68.7 cm³/mol. The number of hydrogen-bond acceptors (Lipinski definition) is 3. The van der Waals surface area contributed by atoms with E-state index in [0.717, 1.165) is 0 Å². The largest absolute Gasteiger partial charge is 0.489 e. The van der Waals surface area contributed by atoms with Gasteiger partial charge < -0.3 is 15.2 Å². The number of carboxylic acids is 1. The fourth-order valence-corrected chi connectivity index (χ4v) is 1.92. The van der Waals surface area contributed by atoms with Crippen molar-refractivity contribution in [2.75, 3.05) is 6.54 Å². The summed E-state index contributed by atoms with van der Waals surface area (Å²) in [4.78, 5) is 22.3. The van der Waals surface area contributed by atoms with Crippen molar-refractivity contribution in [3.05, 3.63) is 30.1 Å². The molecule has 0 bridgehead atoms. The number of nitrogens with one attached hydrogen (secondary N) is 1. The van der Waals surface area contributed by atoms with Gasteiger partial charge in [0.1, 0.15) is 17.7 Å². The molecule has 1 amide bonds. The van der Waals surface area contributed by atoms with Crippen molar-refractivity contribution in [3.8, 4) is 5.75 Å². The number of carboxylic acid groups (broad SMARTS) is 1. The number of rotatable bonds is 6. The van der Waals surface area contributed by atoms with Crippen LogP contribution < -0.4 is 10.1 Å². The molecule has 2 N–H and O–H groups in total. The maximum atomic E-state index is 12.7. The van der Waals surface area contributed by atoms with E-state index in [0.29, 0.717) is 12.2 Å². The van der Waals surface area contributed by atoms with Crippen molar-refractivity contribution >= 4 is 11.9 Å². The number of carbonyl (C=O) groups is 2. The molecule has 0 heterocycles. The van der Waals surface area contributed by atoms with Crippen LogP contribution in [0.5, 0.6) is 5.75 Å². The SMILES string of the molecule is C[C@H](CNC(=O)[C@@H]1C[C@H]1C(=O)O)Oc1ccc(F)cc1. The Labute approximate surface area is 115 Å². The molecule has 0 aromatic heterocycles. The zero-order valence-corrected chi connectivity index (χ0v) is 11.0. The van der Waals surface area contributed by atoms with Crippen LogP contribution in [0.3, 0.4) is 0 Å². The smallest absolute Gasteiger partial charge is 0.307 e. The van der Waals surface area contributed by atoms with Crippen LogP contribution in [-0.4, -0.2) is 29.6 Å². The van der Waals surface area contributed by atoms with Crippen molar-refractivity contribution in [2.24, 2.45) is 11.8 Å². The lowest BCUT2D eigenvalue weighted by Gasteiger charge is -2.15. The zero-order chi connectivity index (χ0) is 14.7. The lowest BCUT2D eigenvalue weighted by atomic mass is 10.3. The Balaban J connectivity index is 1.73. The van der Waals surface area contributed by atoms with E-state index >= 15 is 0 Å². The van der Waals surface area contributed by atoms with Gasteiger partial charge >= 0.3 is 5.97 Å². The summed E-state index contributed by atoms with van der Waals surface area (Å²) in [6.07, 6.45) is 0.111. The molecule has 0 aliphatic heterocycles. The van der Waals surface area contributed by atoms with E-state index in [1.54, 1.807) is 6.92 Å². The summed E-state index contributed by atoms with van der Waals surface area (Å²) in [6.45, 7) is 2.05. The second-order valence-electron chi connectivity index (χ2n) is 4.91. The lowest BCUT2D eigenvalue weighted by molar-refractivity contribution is -0.140. The Morgan fingerprint density at radius 2 is 2.05 bits per heavy atom. The highest BCUT2D eigenvalue weighted by molar-refractivity contribution is 5.89. The van der Waals surface area contributed by atoms with Crippen LogP contribution in [0.25, 0.3) is 0 Å². The van der Waals surface area contributed by atoms with Gasteiger partial charge in [-0.25, -0.2) is 4.39 Å². The topological polar surface area (TPSA) is 75.6 Å². The van der Waals surface area contributed by atoms with Gasteiger partial charge in [-0.05, 0) is 37.6 Å². The molecule has 1 aliphatic carbocycles. The summed E-state index contributed by atoms with van der Waals surface area (Å²) in [5, 5.41) is 11.4. The van der Waals surface area contributed by atoms with E-state index in [2.05, 4.69) is 5.32 Å². The van der Waals surface area contributed by atoms with Crippen LogP contribution in [-0.2, 0) is 9.59 Å². The van der Waals surface area contributed by atoms with E-state index in [1.807, 2.05) is 0 Å². The first-order valence-electron chi connectivity index (χ1n) is 6.40. The average molecular weight is 281 g/mol. The van der Waals surface area contributed by atoms with Gasteiger partial charge in [-0.2, -0.15) is 0 Å². The molecule has 1 aliphatic rings. The molecule has 1 aromatic carbocycles. The third-order valence-electron chi connectivity index (χ3n) is 3.16. The maximum Gasteiger partial charge on any atom is 0.307 e. The zero-order valence-electron chi connectivity index (χ0n) is 11.0. The third-order valence-corrected chi connectivity index (χ3v) is 3.16. The number of ether oxygens (including phenoxy) is 1. The van der Waals surface area contributed by atoms with Crippen molar-refractivity contribution in [3.63, 3.8) is 0 Å². The van der Waals surface area contributed by atoms with E-state index in [-0.39, 0.29) is 24.4 Å². The second-order valence-corrected chi connectivity index (χ2v) is 4.91. The normalized spacial score (nSPS) is 21.9. The molecule has 1 saturated carbocycles. The molecule has 108 valence electrons. The molecule has 20 heavy (non-hydrogen) atoms. The first kappa shape index (κ1) is 14.3.